The molecule has 0 aromatic carbocycles. The van der Waals surface area contributed by atoms with Gasteiger partial charge in [0, 0.05) is 12.7 Å². The third kappa shape index (κ3) is 2.25. The number of esters is 1. The van der Waals surface area contributed by atoms with Crippen molar-refractivity contribution >= 4 is 16.0 Å². The van der Waals surface area contributed by atoms with Crippen molar-refractivity contribution in [2.24, 2.45) is 0 Å². The minimum absolute atomic E-state index is 0.0679. The van der Waals surface area contributed by atoms with E-state index in [1.54, 1.807) is 0 Å². The molecule has 1 saturated heterocycles. The van der Waals surface area contributed by atoms with Gasteiger partial charge in [-0.1, -0.05) is 0 Å². The number of aromatic amines is 1. The van der Waals surface area contributed by atoms with Crippen molar-refractivity contribution in [3.05, 3.63) is 12.4 Å². The van der Waals surface area contributed by atoms with Crippen LogP contribution in [0.5, 0.6) is 0 Å². The summed E-state index contributed by atoms with van der Waals surface area (Å²) >= 11 is 0. The Morgan fingerprint density at radius 1 is 1.56 bits per heavy atom. The van der Waals surface area contributed by atoms with Gasteiger partial charge in [0.05, 0.1) is 13.3 Å². The smallest absolute Gasteiger partial charge is 0.324 e. The molecule has 2 heterocycles. The van der Waals surface area contributed by atoms with Crippen LogP contribution in [-0.4, -0.2) is 48.6 Å². The summed E-state index contributed by atoms with van der Waals surface area (Å²) in [6.45, 7) is 0.327. The number of piperidine rings is 1. The highest BCUT2D eigenvalue weighted by atomic mass is 32.2. The van der Waals surface area contributed by atoms with Gasteiger partial charge in [0.15, 0.2) is 0 Å². The van der Waals surface area contributed by atoms with Crippen LogP contribution in [0.25, 0.3) is 0 Å². The molecule has 0 amide bonds. The molecule has 0 spiro atoms. The van der Waals surface area contributed by atoms with Gasteiger partial charge in [0.1, 0.15) is 10.9 Å². The third-order valence-electron chi connectivity index (χ3n) is 3.01. The Balaban J connectivity index is 2.32. The highest BCUT2D eigenvalue weighted by Crippen LogP contribution is 2.25. The molecule has 0 radical (unpaired) electrons. The van der Waals surface area contributed by atoms with E-state index < -0.39 is 22.0 Å². The van der Waals surface area contributed by atoms with Crippen molar-refractivity contribution in [3.63, 3.8) is 0 Å². The molecular formula is C10H15N3O4S. The molecule has 1 unspecified atom stereocenters. The Kier molecular flexibility index (Phi) is 3.67. The highest BCUT2D eigenvalue weighted by Gasteiger charge is 2.38. The second kappa shape index (κ2) is 5.07. The Morgan fingerprint density at radius 3 is 2.94 bits per heavy atom. The van der Waals surface area contributed by atoms with Crippen LogP contribution >= 0.6 is 0 Å². The zero-order valence-electron chi connectivity index (χ0n) is 10.00. The zero-order chi connectivity index (χ0) is 13.2. The van der Waals surface area contributed by atoms with Gasteiger partial charge in [-0.25, -0.2) is 8.42 Å². The number of aromatic nitrogens is 2. The number of methoxy groups -OCH3 is 1. The van der Waals surface area contributed by atoms with E-state index in [4.69, 9.17) is 0 Å². The fourth-order valence-corrected chi connectivity index (χ4v) is 3.63. The number of nitrogens with one attached hydrogen (secondary N) is 1. The Morgan fingerprint density at radius 2 is 2.33 bits per heavy atom. The first-order valence-electron chi connectivity index (χ1n) is 5.66. The van der Waals surface area contributed by atoms with Crippen LogP contribution in [0.15, 0.2) is 17.3 Å². The van der Waals surface area contributed by atoms with Gasteiger partial charge in [0.2, 0.25) is 10.0 Å². The van der Waals surface area contributed by atoms with Gasteiger partial charge in [-0.15, -0.1) is 0 Å². The van der Waals surface area contributed by atoms with Crippen molar-refractivity contribution in [2.45, 2.75) is 30.2 Å². The van der Waals surface area contributed by atoms with Crippen molar-refractivity contribution < 1.29 is 17.9 Å². The topological polar surface area (TPSA) is 92.4 Å². The SMILES string of the molecule is COC(=O)C1CCCCN1S(=O)(=O)c1cn[nH]c1. The fourth-order valence-electron chi connectivity index (χ4n) is 2.08. The Labute approximate surface area is 105 Å². The Hall–Kier alpha value is -1.41. The Bertz CT molecular complexity index is 511. The lowest BCUT2D eigenvalue weighted by Gasteiger charge is -2.32. The summed E-state index contributed by atoms with van der Waals surface area (Å²) < 4.78 is 30.5. The van der Waals surface area contributed by atoms with E-state index in [-0.39, 0.29) is 4.90 Å². The van der Waals surface area contributed by atoms with Crippen molar-refractivity contribution in [3.8, 4) is 0 Å². The predicted molar refractivity (Wildman–Crippen MR) is 62.1 cm³/mol. The van der Waals surface area contributed by atoms with E-state index >= 15 is 0 Å². The van der Waals surface area contributed by atoms with E-state index in [0.29, 0.717) is 13.0 Å². The molecule has 1 atom stereocenters. The number of carbonyl (C=O) groups excluding carboxylic acids is 1. The third-order valence-corrected chi connectivity index (χ3v) is 4.88. The number of nitrogens with zero attached hydrogens (tertiary/aromatic N) is 2. The maximum absolute atomic E-state index is 12.3. The number of carbonyl (C=O) groups is 1. The summed E-state index contributed by atoms with van der Waals surface area (Å²) in [6, 6.07) is -0.733. The highest BCUT2D eigenvalue weighted by molar-refractivity contribution is 7.89. The molecule has 1 aromatic heterocycles. The molecule has 100 valence electrons. The molecular weight excluding hydrogens is 258 g/mol. The van der Waals surface area contributed by atoms with Gasteiger partial charge >= 0.3 is 5.97 Å². The summed E-state index contributed by atoms with van der Waals surface area (Å²) in [6.07, 6.45) is 4.59. The van der Waals surface area contributed by atoms with Crippen LogP contribution in [-0.2, 0) is 19.6 Å². The molecule has 0 aliphatic carbocycles. The van der Waals surface area contributed by atoms with Crippen molar-refractivity contribution in [1.29, 1.82) is 0 Å². The van der Waals surface area contributed by atoms with Gasteiger partial charge in [0.25, 0.3) is 0 Å². The zero-order valence-corrected chi connectivity index (χ0v) is 10.8. The van der Waals surface area contributed by atoms with Gasteiger partial charge < -0.3 is 4.74 Å². The molecule has 1 aromatic rings. The summed E-state index contributed by atoms with van der Waals surface area (Å²) in [7, 11) is -2.42. The first kappa shape index (κ1) is 13.0. The minimum atomic E-state index is -3.68. The first-order valence-corrected chi connectivity index (χ1v) is 7.10. The molecule has 1 aliphatic rings. The molecule has 7 nitrogen and oxygen atoms in total. The number of hydrogen-bond acceptors (Lipinski definition) is 5. The molecule has 0 bridgehead atoms. The van der Waals surface area contributed by atoms with E-state index in [1.165, 1.54) is 23.8 Å². The average Bonchev–Trinajstić information content (AvgIpc) is 2.92. The summed E-state index contributed by atoms with van der Waals surface area (Å²) in [5.41, 5.74) is 0. The molecule has 1 aliphatic heterocycles. The van der Waals surface area contributed by atoms with E-state index in [1.807, 2.05) is 0 Å². The van der Waals surface area contributed by atoms with Gasteiger partial charge in [-0.3, -0.25) is 9.89 Å². The maximum Gasteiger partial charge on any atom is 0.324 e. The van der Waals surface area contributed by atoms with E-state index in [9.17, 15) is 13.2 Å². The monoisotopic (exact) mass is 273 g/mol. The minimum Gasteiger partial charge on any atom is -0.468 e. The number of hydrogen-bond donors (Lipinski definition) is 1. The standard InChI is InChI=1S/C10H15N3O4S/c1-17-10(14)9-4-2-3-5-13(9)18(15,16)8-6-11-12-7-8/h6-7,9H,2-5H2,1H3,(H,11,12). The van der Waals surface area contributed by atoms with E-state index in [0.717, 1.165) is 12.8 Å². The van der Waals surface area contributed by atoms with E-state index in [2.05, 4.69) is 14.9 Å². The molecule has 1 N–H and O–H groups in total. The number of ether oxygens (including phenoxy) is 1. The molecule has 8 heteroatoms. The average molecular weight is 273 g/mol. The second-order valence-corrected chi connectivity index (χ2v) is 5.98. The van der Waals surface area contributed by atoms with Crippen LogP contribution < -0.4 is 0 Å². The molecule has 0 saturated carbocycles. The lowest BCUT2D eigenvalue weighted by atomic mass is 10.1. The summed E-state index contributed by atoms with van der Waals surface area (Å²) in [5.74, 6) is -0.512. The van der Waals surface area contributed by atoms with Gasteiger partial charge in [-0.05, 0) is 19.3 Å². The van der Waals surface area contributed by atoms with Crippen molar-refractivity contribution in [1.82, 2.24) is 14.5 Å². The van der Waals surface area contributed by atoms with Crippen LogP contribution in [0.2, 0.25) is 0 Å². The van der Waals surface area contributed by atoms with Crippen LogP contribution in [0.1, 0.15) is 19.3 Å². The van der Waals surface area contributed by atoms with Crippen molar-refractivity contribution in [2.75, 3.05) is 13.7 Å². The largest absolute Gasteiger partial charge is 0.468 e. The maximum atomic E-state index is 12.3. The normalized spacial score (nSPS) is 21.7. The first-order chi connectivity index (χ1) is 8.57. The molecule has 1 fully saturated rings. The molecule has 2 rings (SSSR count). The predicted octanol–water partition coefficient (Wildman–Crippen LogP) is 0.126. The van der Waals surface area contributed by atoms with Crippen LogP contribution in [0, 0.1) is 0 Å². The second-order valence-electron chi connectivity index (χ2n) is 4.08. The number of rotatable bonds is 3. The van der Waals surface area contributed by atoms with Crippen LogP contribution in [0.3, 0.4) is 0 Å². The lowest BCUT2D eigenvalue weighted by Crippen LogP contribution is -2.48. The lowest BCUT2D eigenvalue weighted by molar-refractivity contribution is -0.146. The number of sulfonamides is 1. The number of H-pyrrole nitrogens is 1. The summed E-state index contributed by atoms with van der Waals surface area (Å²) in [5, 5.41) is 6.09. The van der Waals surface area contributed by atoms with Gasteiger partial charge in [-0.2, -0.15) is 9.40 Å². The molecule has 18 heavy (non-hydrogen) atoms. The fraction of sp³-hybridized carbons (Fsp3) is 0.600. The quantitative estimate of drug-likeness (QED) is 0.790. The summed E-state index contributed by atoms with van der Waals surface area (Å²) in [4.78, 5) is 11.7. The van der Waals surface area contributed by atoms with Crippen LogP contribution in [0.4, 0.5) is 0 Å².